The summed E-state index contributed by atoms with van der Waals surface area (Å²) >= 11 is 0. The lowest BCUT2D eigenvalue weighted by Gasteiger charge is -2.29. The number of hydrogen-bond donors (Lipinski definition) is 3. The molecule has 0 radical (unpaired) electrons. The number of carbonyl (C=O) groups excluding carboxylic acids is 3. The van der Waals surface area contributed by atoms with Gasteiger partial charge in [-0.1, -0.05) is 0 Å². The second-order valence-corrected chi connectivity index (χ2v) is 9.09. The van der Waals surface area contributed by atoms with E-state index in [1.807, 2.05) is 12.1 Å². The number of hydrogen-bond acceptors (Lipinski definition) is 8. The largest absolute Gasteiger partial charge is 0.389 e. The first-order valence-electron chi connectivity index (χ1n) is 11.2. The Morgan fingerprint density at radius 2 is 2.11 bits per heavy atom. The van der Waals surface area contributed by atoms with Crippen LogP contribution in [0, 0.1) is 11.3 Å². The fourth-order valence-corrected chi connectivity index (χ4v) is 3.60. The van der Waals surface area contributed by atoms with Crippen LogP contribution in [-0.4, -0.2) is 63.9 Å². The van der Waals surface area contributed by atoms with Gasteiger partial charge in [-0.05, 0) is 38.3 Å². The number of aryl methyl sites for hydroxylation is 1. The predicted molar refractivity (Wildman–Crippen MR) is 130 cm³/mol. The number of pyridine rings is 2. The number of nitrogens with one attached hydrogen (secondary N) is 2. The Bertz CT molecular complexity index is 1180. The lowest BCUT2D eigenvalue weighted by atomic mass is 10.0. The molecule has 1 aliphatic rings. The summed E-state index contributed by atoms with van der Waals surface area (Å²) in [4.78, 5) is 48.0. The van der Waals surface area contributed by atoms with Crippen LogP contribution in [0.15, 0.2) is 18.3 Å². The van der Waals surface area contributed by atoms with Crippen LogP contribution in [0.25, 0.3) is 0 Å². The van der Waals surface area contributed by atoms with E-state index in [-0.39, 0.29) is 36.1 Å². The Balaban J connectivity index is 1.85. The molecule has 3 amide bonds. The lowest BCUT2D eigenvalue weighted by Crippen LogP contribution is -2.40. The standard InChI is InChI=1S/C24H29N7O4/c1-15(33)30(4)12-17-8-16-6-5-7-31(22(16)28-20(17)13-32)23(34)29-21-9-19(18(10-25)11-26-21)27-14-24(2,3)35/h8-9,11,13,35H,5-7,12,14H2,1-4H3,(H2,26,27,29,34). The van der Waals surface area contributed by atoms with Crippen LogP contribution in [0.5, 0.6) is 0 Å². The number of aldehydes is 1. The van der Waals surface area contributed by atoms with Crippen LogP contribution in [-0.2, 0) is 17.8 Å². The van der Waals surface area contributed by atoms with Crippen LogP contribution in [0.2, 0.25) is 0 Å². The molecule has 0 atom stereocenters. The Morgan fingerprint density at radius 3 is 2.74 bits per heavy atom. The van der Waals surface area contributed by atoms with Crippen molar-refractivity contribution in [1.82, 2.24) is 14.9 Å². The highest BCUT2D eigenvalue weighted by atomic mass is 16.3. The monoisotopic (exact) mass is 479 g/mol. The van der Waals surface area contributed by atoms with E-state index in [1.165, 1.54) is 29.0 Å². The van der Waals surface area contributed by atoms with Gasteiger partial charge in [-0.2, -0.15) is 5.26 Å². The summed E-state index contributed by atoms with van der Waals surface area (Å²) in [5.74, 6) is 0.473. The number of nitrogens with zero attached hydrogens (tertiary/aromatic N) is 5. The van der Waals surface area contributed by atoms with Crippen molar-refractivity contribution in [3.05, 3.63) is 40.7 Å². The number of amides is 3. The van der Waals surface area contributed by atoms with Crippen molar-refractivity contribution in [2.45, 2.75) is 45.8 Å². The molecule has 0 saturated heterocycles. The third-order valence-corrected chi connectivity index (χ3v) is 5.55. The number of carbonyl (C=O) groups is 3. The van der Waals surface area contributed by atoms with Crippen LogP contribution >= 0.6 is 0 Å². The summed E-state index contributed by atoms with van der Waals surface area (Å²) < 4.78 is 0. The van der Waals surface area contributed by atoms with E-state index in [4.69, 9.17) is 0 Å². The van der Waals surface area contributed by atoms with Crippen LogP contribution in [0.1, 0.15) is 54.4 Å². The van der Waals surface area contributed by atoms with E-state index in [9.17, 15) is 24.8 Å². The highest BCUT2D eigenvalue weighted by molar-refractivity contribution is 6.01. The molecule has 0 bridgehead atoms. The molecule has 2 aromatic heterocycles. The molecule has 3 N–H and O–H groups in total. The SMILES string of the molecule is CC(=O)N(C)Cc1cc2c(nc1C=O)N(C(=O)Nc1cc(NCC(C)(C)O)c(C#N)cn1)CCC2. The van der Waals surface area contributed by atoms with E-state index in [1.54, 1.807) is 20.9 Å². The van der Waals surface area contributed by atoms with Crippen molar-refractivity contribution in [2.75, 3.05) is 35.7 Å². The first kappa shape index (κ1) is 25.6. The summed E-state index contributed by atoms with van der Waals surface area (Å²) in [5, 5.41) is 25.0. The van der Waals surface area contributed by atoms with Gasteiger partial charge >= 0.3 is 6.03 Å². The number of aromatic nitrogens is 2. The molecule has 184 valence electrons. The molecule has 0 aliphatic carbocycles. The minimum Gasteiger partial charge on any atom is -0.389 e. The van der Waals surface area contributed by atoms with Gasteiger partial charge in [0.15, 0.2) is 6.29 Å². The third kappa shape index (κ3) is 6.30. The Kier molecular flexibility index (Phi) is 7.66. The third-order valence-electron chi connectivity index (χ3n) is 5.55. The molecule has 3 rings (SSSR count). The van der Waals surface area contributed by atoms with Crippen LogP contribution in [0.4, 0.5) is 22.1 Å². The summed E-state index contributed by atoms with van der Waals surface area (Å²) in [5.41, 5.74) is 1.30. The maximum absolute atomic E-state index is 13.1. The fraction of sp³-hybridized carbons (Fsp3) is 0.417. The number of rotatable bonds is 7. The average molecular weight is 480 g/mol. The number of fused-ring (bicyclic) bond motifs is 1. The average Bonchev–Trinajstić information content (AvgIpc) is 2.81. The molecule has 2 aromatic rings. The van der Waals surface area contributed by atoms with Crippen LogP contribution in [0.3, 0.4) is 0 Å². The number of anilines is 3. The van der Waals surface area contributed by atoms with Gasteiger partial charge in [0.05, 0.1) is 16.9 Å². The molecule has 35 heavy (non-hydrogen) atoms. The highest BCUT2D eigenvalue weighted by Crippen LogP contribution is 2.28. The van der Waals surface area contributed by atoms with Gasteiger partial charge in [0.2, 0.25) is 5.91 Å². The van der Waals surface area contributed by atoms with Crippen molar-refractivity contribution in [3.63, 3.8) is 0 Å². The molecule has 0 unspecified atom stereocenters. The topological polar surface area (TPSA) is 152 Å². The molecule has 11 nitrogen and oxygen atoms in total. The highest BCUT2D eigenvalue weighted by Gasteiger charge is 2.27. The predicted octanol–water partition coefficient (Wildman–Crippen LogP) is 2.31. The summed E-state index contributed by atoms with van der Waals surface area (Å²) in [6.45, 7) is 5.55. The maximum atomic E-state index is 13.1. The van der Waals surface area contributed by atoms with E-state index in [2.05, 4.69) is 20.6 Å². The first-order chi connectivity index (χ1) is 16.5. The zero-order valence-corrected chi connectivity index (χ0v) is 20.3. The van der Waals surface area contributed by atoms with Gasteiger partial charge in [-0.25, -0.2) is 14.8 Å². The van der Waals surface area contributed by atoms with E-state index >= 15 is 0 Å². The van der Waals surface area contributed by atoms with Crippen LogP contribution < -0.4 is 15.5 Å². The van der Waals surface area contributed by atoms with Gasteiger partial charge in [-0.15, -0.1) is 0 Å². The Hall–Kier alpha value is -4.04. The van der Waals surface area contributed by atoms with Gasteiger partial charge in [0, 0.05) is 51.4 Å². The summed E-state index contributed by atoms with van der Waals surface area (Å²) in [6.07, 6.45) is 3.34. The maximum Gasteiger partial charge on any atom is 0.328 e. The number of aliphatic hydroxyl groups is 1. The van der Waals surface area contributed by atoms with E-state index in [0.29, 0.717) is 42.7 Å². The summed E-state index contributed by atoms with van der Waals surface area (Å²) in [7, 11) is 1.64. The molecule has 0 aromatic carbocycles. The molecule has 0 saturated carbocycles. The zero-order chi connectivity index (χ0) is 25.8. The molecule has 3 heterocycles. The minimum absolute atomic E-state index is 0.132. The molecule has 1 aliphatic heterocycles. The molecular formula is C24H29N7O4. The molecule has 0 spiro atoms. The van der Waals surface area contributed by atoms with Crippen molar-refractivity contribution < 1.29 is 19.5 Å². The van der Waals surface area contributed by atoms with Gasteiger partial charge < -0.3 is 15.3 Å². The fourth-order valence-electron chi connectivity index (χ4n) is 3.60. The van der Waals surface area contributed by atoms with Gasteiger partial charge in [0.1, 0.15) is 23.4 Å². The van der Waals surface area contributed by atoms with E-state index in [0.717, 1.165) is 5.56 Å². The van der Waals surface area contributed by atoms with Crippen molar-refractivity contribution >= 4 is 35.5 Å². The summed E-state index contributed by atoms with van der Waals surface area (Å²) in [6, 6.07) is 4.90. The van der Waals surface area contributed by atoms with Crippen molar-refractivity contribution in [2.24, 2.45) is 0 Å². The second-order valence-electron chi connectivity index (χ2n) is 9.09. The lowest BCUT2D eigenvalue weighted by molar-refractivity contribution is -0.128. The molecule has 11 heteroatoms. The second kappa shape index (κ2) is 10.5. The van der Waals surface area contributed by atoms with Gasteiger partial charge in [0.25, 0.3) is 0 Å². The number of nitriles is 1. The zero-order valence-electron chi connectivity index (χ0n) is 20.3. The van der Waals surface area contributed by atoms with Crippen molar-refractivity contribution in [3.8, 4) is 6.07 Å². The Morgan fingerprint density at radius 1 is 1.37 bits per heavy atom. The molecular weight excluding hydrogens is 450 g/mol. The minimum atomic E-state index is -1.00. The smallest absolute Gasteiger partial charge is 0.328 e. The quantitative estimate of drug-likeness (QED) is 0.512. The van der Waals surface area contributed by atoms with Gasteiger partial charge in [-0.3, -0.25) is 19.8 Å². The van der Waals surface area contributed by atoms with E-state index < -0.39 is 11.6 Å². The normalized spacial score (nSPS) is 12.9. The molecule has 0 fully saturated rings. The number of urea groups is 1. The first-order valence-corrected chi connectivity index (χ1v) is 11.2. The Labute approximate surface area is 203 Å². The van der Waals surface area contributed by atoms with Crippen molar-refractivity contribution in [1.29, 1.82) is 5.26 Å².